The van der Waals surface area contributed by atoms with Gasteiger partial charge in [-0.1, -0.05) is 18.6 Å². The van der Waals surface area contributed by atoms with Crippen molar-refractivity contribution in [3.63, 3.8) is 0 Å². The molecule has 1 N–H and O–H groups in total. The number of hydrogen-bond acceptors (Lipinski definition) is 3. The highest BCUT2D eigenvalue weighted by molar-refractivity contribution is 5.85. The highest BCUT2D eigenvalue weighted by atomic mass is 35.5. The minimum atomic E-state index is 0. The molecule has 0 aliphatic carbocycles. The minimum absolute atomic E-state index is 0. The zero-order valence-electron chi connectivity index (χ0n) is 16.3. The van der Waals surface area contributed by atoms with Gasteiger partial charge in [-0.2, -0.15) is 0 Å². The number of rotatable bonds is 6. The van der Waals surface area contributed by atoms with Gasteiger partial charge >= 0.3 is 0 Å². The zero-order valence-corrected chi connectivity index (χ0v) is 18.0. The van der Waals surface area contributed by atoms with Crippen LogP contribution in [-0.2, 0) is 0 Å². The van der Waals surface area contributed by atoms with Crippen LogP contribution in [0.2, 0.25) is 0 Å². The van der Waals surface area contributed by atoms with Crippen molar-refractivity contribution < 1.29 is 4.74 Å². The van der Waals surface area contributed by atoms with Crippen LogP contribution < -0.4 is 10.1 Å². The summed E-state index contributed by atoms with van der Waals surface area (Å²) in [5.41, 5.74) is 1.84. The Balaban J connectivity index is 0.00000169. The quantitative estimate of drug-likeness (QED) is 0.675. The number of piperidine rings is 2. The van der Waals surface area contributed by atoms with E-state index in [1.165, 1.54) is 44.2 Å². The van der Waals surface area contributed by atoms with E-state index in [1.807, 2.05) is 0 Å². The van der Waals surface area contributed by atoms with Gasteiger partial charge in [0.1, 0.15) is 5.75 Å². The van der Waals surface area contributed by atoms with Gasteiger partial charge in [-0.25, -0.2) is 0 Å². The van der Waals surface area contributed by atoms with E-state index in [0.717, 1.165) is 44.3 Å². The lowest BCUT2D eigenvalue weighted by molar-refractivity contribution is 0.0713. The zero-order chi connectivity index (χ0) is 16.8. The summed E-state index contributed by atoms with van der Waals surface area (Å²) in [5, 5.41) is 3.43. The highest BCUT2D eigenvalue weighted by Gasteiger charge is 2.28. The van der Waals surface area contributed by atoms with Gasteiger partial charge in [-0.3, -0.25) is 4.90 Å². The maximum absolute atomic E-state index is 5.97. The fraction of sp³-hybridized carbons (Fsp3) is 0.714. The Morgan fingerprint density at radius 3 is 2.42 bits per heavy atom. The van der Waals surface area contributed by atoms with E-state index in [1.54, 1.807) is 0 Å². The van der Waals surface area contributed by atoms with Crippen molar-refractivity contribution in [2.24, 2.45) is 0 Å². The molecule has 0 atom stereocenters. The lowest BCUT2D eigenvalue weighted by atomic mass is 9.90. The number of ether oxygens (including phenoxy) is 1. The maximum Gasteiger partial charge on any atom is 0.119 e. The third-order valence-corrected chi connectivity index (χ3v) is 5.85. The summed E-state index contributed by atoms with van der Waals surface area (Å²) in [6.45, 7) is 10.3. The standard InChI is InChI=1S/C21H34N2O.2ClH/c1-21(2)12-3-4-15-23(21)16-5-17-24-20-8-6-18(7-9-20)19-10-13-22-14-11-19;;/h6-9,19,22H,3-5,10-17H2,1-2H3;2*1H. The first-order valence-corrected chi connectivity index (χ1v) is 9.84. The van der Waals surface area contributed by atoms with Gasteiger partial charge in [0, 0.05) is 12.1 Å². The molecule has 2 aliphatic heterocycles. The molecule has 3 rings (SSSR count). The third kappa shape index (κ3) is 6.60. The summed E-state index contributed by atoms with van der Waals surface area (Å²) in [6, 6.07) is 8.84. The molecule has 0 amide bonds. The van der Waals surface area contributed by atoms with Crippen LogP contribution in [-0.4, -0.2) is 43.2 Å². The van der Waals surface area contributed by atoms with E-state index in [2.05, 4.69) is 48.3 Å². The molecule has 3 nitrogen and oxygen atoms in total. The summed E-state index contributed by atoms with van der Waals surface area (Å²) >= 11 is 0. The molecule has 2 fully saturated rings. The predicted molar refractivity (Wildman–Crippen MR) is 115 cm³/mol. The average molecular weight is 403 g/mol. The van der Waals surface area contributed by atoms with Crippen LogP contribution in [0.1, 0.15) is 63.9 Å². The van der Waals surface area contributed by atoms with Crippen molar-refractivity contribution in [2.45, 2.75) is 63.8 Å². The number of likely N-dealkylation sites (tertiary alicyclic amines) is 1. The number of benzene rings is 1. The van der Waals surface area contributed by atoms with Gasteiger partial charge in [0.05, 0.1) is 6.61 Å². The Bertz CT molecular complexity index is 501. The molecule has 0 unspecified atom stereocenters. The van der Waals surface area contributed by atoms with Crippen LogP contribution in [0.3, 0.4) is 0 Å². The Morgan fingerprint density at radius 2 is 1.77 bits per heavy atom. The molecule has 2 saturated heterocycles. The molecule has 0 aromatic heterocycles. The van der Waals surface area contributed by atoms with Crippen LogP contribution >= 0.6 is 24.8 Å². The first-order valence-electron chi connectivity index (χ1n) is 9.84. The summed E-state index contributed by atoms with van der Waals surface area (Å²) in [4.78, 5) is 2.64. The van der Waals surface area contributed by atoms with Crippen LogP contribution in [0, 0.1) is 0 Å². The molecule has 2 heterocycles. The molecule has 150 valence electrons. The van der Waals surface area contributed by atoms with E-state index in [4.69, 9.17) is 4.74 Å². The van der Waals surface area contributed by atoms with Crippen molar-refractivity contribution in [1.82, 2.24) is 10.2 Å². The van der Waals surface area contributed by atoms with E-state index < -0.39 is 0 Å². The van der Waals surface area contributed by atoms with Gasteiger partial charge in [-0.15, -0.1) is 24.8 Å². The van der Waals surface area contributed by atoms with Crippen molar-refractivity contribution in [3.8, 4) is 5.75 Å². The van der Waals surface area contributed by atoms with Crippen LogP contribution in [0.25, 0.3) is 0 Å². The number of hydrogen-bond donors (Lipinski definition) is 1. The Morgan fingerprint density at radius 1 is 1.08 bits per heavy atom. The normalized spacial score (nSPS) is 20.7. The average Bonchev–Trinajstić information content (AvgIpc) is 2.61. The maximum atomic E-state index is 5.97. The molecule has 0 radical (unpaired) electrons. The van der Waals surface area contributed by atoms with E-state index in [-0.39, 0.29) is 24.8 Å². The lowest BCUT2D eigenvalue weighted by Crippen LogP contribution is -2.47. The van der Waals surface area contributed by atoms with Crippen LogP contribution in [0.15, 0.2) is 24.3 Å². The van der Waals surface area contributed by atoms with Crippen molar-refractivity contribution in [2.75, 3.05) is 32.8 Å². The smallest absolute Gasteiger partial charge is 0.119 e. The van der Waals surface area contributed by atoms with Crippen molar-refractivity contribution in [1.29, 1.82) is 0 Å². The first kappa shape index (κ1) is 23.6. The molecule has 26 heavy (non-hydrogen) atoms. The summed E-state index contributed by atoms with van der Waals surface area (Å²) in [6.07, 6.45) is 7.68. The number of nitrogens with one attached hydrogen (secondary N) is 1. The highest BCUT2D eigenvalue weighted by Crippen LogP contribution is 2.28. The van der Waals surface area contributed by atoms with Gasteiger partial charge in [0.2, 0.25) is 0 Å². The fourth-order valence-corrected chi connectivity index (χ4v) is 4.17. The predicted octanol–water partition coefficient (Wildman–Crippen LogP) is 5.03. The molecule has 0 saturated carbocycles. The first-order chi connectivity index (χ1) is 11.6. The van der Waals surface area contributed by atoms with E-state index in [9.17, 15) is 0 Å². The molecule has 0 bridgehead atoms. The molecule has 2 aliphatic rings. The fourth-order valence-electron chi connectivity index (χ4n) is 4.17. The monoisotopic (exact) mass is 402 g/mol. The second-order valence-corrected chi connectivity index (χ2v) is 8.05. The third-order valence-electron chi connectivity index (χ3n) is 5.85. The van der Waals surface area contributed by atoms with Gasteiger partial charge < -0.3 is 10.1 Å². The van der Waals surface area contributed by atoms with E-state index in [0.29, 0.717) is 5.54 Å². The second kappa shape index (κ2) is 11.4. The summed E-state index contributed by atoms with van der Waals surface area (Å²) < 4.78 is 5.97. The number of halogens is 2. The number of nitrogens with zero attached hydrogens (tertiary/aromatic N) is 1. The van der Waals surface area contributed by atoms with Gasteiger partial charge in [-0.05, 0) is 89.2 Å². The summed E-state index contributed by atoms with van der Waals surface area (Å²) in [7, 11) is 0. The van der Waals surface area contributed by atoms with Crippen molar-refractivity contribution >= 4 is 24.8 Å². The molecular weight excluding hydrogens is 367 g/mol. The van der Waals surface area contributed by atoms with Crippen molar-refractivity contribution in [3.05, 3.63) is 29.8 Å². The van der Waals surface area contributed by atoms with Gasteiger partial charge in [0.25, 0.3) is 0 Å². The molecule has 1 aromatic carbocycles. The molecular formula is C21H36Cl2N2O. The lowest BCUT2D eigenvalue weighted by Gasteiger charge is -2.42. The Labute approximate surface area is 172 Å². The molecule has 1 aromatic rings. The minimum Gasteiger partial charge on any atom is -0.494 e. The second-order valence-electron chi connectivity index (χ2n) is 8.05. The molecule has 0 spiro atoms. The Kier molecular flexibility index (Phi) is 10.3. The largest absolute Gasteiger partial charge is 0.494 e. The topological polar surface area (TPSA) is 24.5 Å². The van der Waals surface area contributed by atoms with Crippen LogP contribution in [0.5, 0.6) is 5.75 Å². The van der Waals surface area contributed by atoms with Gasteiger partial charge in [0.15, 0.2) is 0 Å². The SMILES string of the molecule is CC1(C)CCCCN1CCCOc1ccc(C2CCNCC2)cc1.Cl.Cl. The Hall–Kier alpha value is -0.480. The molecule has 5 heteroatoms. The van der Waals surface area contributed by atoms with Crippen LogP contribution in [0.4, 0.5) is 0 Å². The van der Waals surface area contributed by atoms with E-state index >= 15 is 0 Å². The summed E-state index contributed by atoms with van der Waals surface area (Å²) in [5.74, 6) is 1.74.